The van der Waals surface area contributed by atoms with E-state index < -0.39 is 36.1 Å². The zero-order valence-electron chi connectivity index (χ0n) is 12.9. The van der Waals surface area contributed by atoms with Gasteiger partial charge in [0.1, 0.15) is 23.9 Å². The van der Waals surface area contributed by atoms with Crippen LogP contribution in [-0.4, -0.2) is 77.2 Å². The maximum Gasteiger partial charge on any atom is 0.303 e. The molecule has 0 aliphatic carbocycles. The molecule has 9 nitrogen and oxygen atoms in total. The highest BCUT2D eigenvalue weighted by atomic mass is 16.7. The molecule has 0 radical (unpaired) electrons. The van der Waals surface area contributed by atoms with E-state index >= 15 is 0 Å². The highest BCUT2D eigenvalue weighted by Gasteiger charge is 2.59. The van der Waals surface area contributed by atoms with Gasteiger partial charge in [-0.25, -0.2) is 0 Å². The molecule has 2 aliphatic rings. The van der Waals surface area contributed by atoms with Crippen LogP contribution in [-0.2, 0) is 23.8 Å². The fourth-order valence-corrected chi connectivity index (χ4v) is 2.80. The van der Waals surface area contributed by atoms with Gasteiger partial charge in [0.05, 0.1) is 13.2 Å². The van der Waals surface area contributed by atoms with E-state index in [1.165, 1.54) is 6.92 Å². The van der Waals surface area contributed by atoms with Gasteiger partial charge in [0.15, 0.2) is 6.29 Å². The normalized spacial score (nSPS) is 36.0. The van der Waals surface area contributed by atoms with Crippen LogP contribution >= 0.6 is 0 Å². The maximum atomic E-state index is 11.2. The smallest absolute Gasteiger partial charge is 0.303 e. The van der Waals surface area contributed by atoms with Gasteiger partial charge in [-0.3, -0.25) is 9.59 Å². The lowest BCUT2D eigenvalue weighted by Gasteiger charge is -2.42. The Labute approximate surface area is 133 Å². The van der Waals surface area contributed by atoms with Crippen LogP contribution in [0.15, 0.2) is 0 Å². The number of carbonyl (C=O) groups is 2. The molecular formula is C14H23NO8. The first kappa shape index (κ1) is 18.1. The van der Waals surface area contributed by atoms with Crippen molar-refractivity contribution in [1.82, 2.24) is 5.32 Å². The van der Waals surface area contributed by atoms with Gasteiger partial charge in [0.2, 0.25) is 5.91 Å². The minimum Gasteiger partial charge on any atom is -0.481 e. The van der Waals surface area contributed by atoms with Crippen molar-refractivity contribution in [2.45, 2.75) is 56.3 Å². The summed E-state index contributed by atoms with van der Waals surface area (Å²) in [5, 5.41) is 31.5. The molecule has 132 valence electrons. The highest BCUT2D eigenvalue weighted by molar-refractivity contribution is 5.73. The van der Waals surface area contributed by atoms with Crippen molar-refractivity contribution >= 4 is 11.9 Å². The van der Waals surface area contributed by atoms with Gasteiger partial charge in [0, 0.05) is 20.0 Å². The van der Waals surface area contributed by atoms with Gasteiger partial charge >= 0.3 is 5.97 Å². The Morgan fingerprint density at radius 3 is 2.74 bits per heavy atom. The summed E-state index contributed by atoms with van der Waals surface area (Å²) in [7, 11) is 0. The third kappa shape index (κ3) is 4.18. The van der Waals surface area contributed by atoms with Crippen molar-refractivity contribution in [2.75, 3.05) is 19.8 Å². The zero-order valence-corrected chi connectivity index (χ0v) is 12.9. The number of unbranched alkanes of at least 4 members (excludes halogenated alkanes) is 1. The molecule has 4 N–H and O–H groups in total. The fourth-order valence-electron chi connectivity index (χ4n) is 2.80. The summed E-state index contributed by atoms with van der Waals surface area (Å²) in [5.74, 6) is -1.21. The Hall–Kier alpha value is -1.26. The van der Waals surface area contributed by atoms with E-state index in [2.05, 4.69) is 5.32 Å². The molecule has 0 saturated carbocycles. The minimum atomic E-state index is -1.27. The van der Waals surface area contributed by atoms with Crippen LogP contribution < -0.4 is 5.32 Å². The van der Waals surface area contributed by atoms with Crippen molar-refractivity contribution in [3.05, 3.63) is 0 Å². The lowest BCUT2D eigenvalue weighted by molar-refractivity contribution is -0.237. The number of ether oxygens (including phenoxy) is 3. The molecule has 2 fully saturated rings. The number of carboxylic acid groups (broad SMARTS) is 1. The molecule has 9 heteroatoms. The van der Waals surface area contributed by atoms with E-state index in [9.17, 15) is 19.8 Å². The molecule has 1 amide bonds. The minimum absolute atomic E-state index is 0.0155. The number of hydrogen-bond acceptors (Lipinski definition) is 7. The molecule has 2 heterocycles. The molecule has 0 unspecified atom stereocenters. The molecule has 5 atom stereocenters. The SMILES string of the molecule is CC(=O)N[C@H]1[C@H]2OC[C@](COCCCCC(=O)O)(O2)[C@H](O)[C@@H]1O. The van der Waals surface area contributed by atoms with Crippen molar-refractivity contribution in [3.63, 3.8) is 0 Å². The third-order valence-electron chi connectivity index (χ3n) is 4.01. The number of aliphatic hydroxyl groups is 2. The van der Waals surface area contributed by atoms with Crippen LogP contribution in [0, 0.1) is 0 Å². The third-order valence-corrected chi connectivity index (χ3v) is 4.01. The Morgan fingerprint density at radius 2 is 2.09 bits per heavy atom. The van der Waals surface area contributed by atoms with Crippen molar-refractivity contribution in [1.29, 1.82) is 0 Å². The Kier molecular flexibility index (Phi) is 5.93. The first-order valence-corrected chi connectivity index (χ1v) is 7.58. The Bertz CT molecular complexity index is 444. The first-order valence-electron chi connectivity index (χ1n) is 7.58. The maximum absolute atomic E-state index is 11.2. The molecule has 0 aromatic rings. The number of carbonyl (C=O) groups excluding carboxylic acids is 1. The Balaban J connectivity index is 1.83. The number of hydrogen-bond donors (Lipinski definition) is 4. The van der Waals surface area contributed by atoms with Gasteiger partial charge in [-0.15, -0.1) is 0 Å². The summed E-state index contributed by atoms with van der Waals surface area (Å²) in [6.45, 7) is 1.68. The predicted octanol–water partition coefficient (Wildman–Crippen LogP) is -1.39. The monoisotopic (exact) mass is 333 g/mol. The second-order valence-electron chi connectivity index (χ2n) is 5.93. The molecule has 2 aliphatic heterocycles. The van der Waals surface area contributed by atoms with Crippen LogP contribution in [0.5, 0.6) is 0 Å². The fraction of sp³-hybridized carbons (Fsp3) is 0.857. The van der Waals surface area contributed by atoms with E-state index in [0.29, 0.717) is 19.4 Å². The summed E-state index contributed by atoms with van der Waals surface area (Å²) < 4.78 is 16.5. The number of carboxylic acids is 1. The quantitative estimate of drug-likeness (QED) is 0.399. The van der Waals surface area contributed by atoms with E-state index in [0.717, 1.165) is 0 Å². The van der Waals surface area contributed by atoms with Gasteiger partial charge in [-0.2, -0.15) is 0 Å². The average molecular weight is 333 g/mol. The van der Waals surface area contributed by atoms with Gasteiger partial charge in [-0.1, -0.05) is 0 Å². The van der Waals surface area contributed by atoms with Crippen molar-refractivity contribution in [3.8, 4) is 0 Å². The number of nitrogens with one attached hydrogen (secondary N) is 1. The summed E-state index contributed by atoms with van der Waals surface area (Å²) in [5.41, 5.74) is -1.17. The van der Waals surface area contributed by atoms with Gasteiger partial charge in [0.25, 0.3) is 0 Å². The standard InChI is InChI=1S/C14H23NO8/c1-8(16)15-10-11(19)12(20)14(7-22-13(10)23-14)6-21-5-3-2-4-9(17)18/h10-13,19-20H,2-7H2,1H3,(H,15,16)(H,17,18)/t10-,11-,12-,13+,14+/m1/s1. The van der Waals surface area contributed by atoms with Crippen molar-refractivity contribution < 1.29 is 39.1 Å². The first-order chi connectivity index (χ1) is 10.9. The van der Waals surface area contributed by atoms with Gasteiger partial charge < -0.3 is 34.8 Å². The molecule has 0 aromatic carbocycles. The molecule has 2 saturated heterocycles. The molecule has 0 spiro atoms. The van der Waals surface area contributed by atoms with Crippen LogP contribution in [0.2, 0.25) is 0 Å². The van der Waals surface area contributed by atoms with E-state index in [4.69, 9.17) is 19.3 Å². The zero-order chi connectivity index (χ0) is 17.0. The van der Waals surface area contributed by atoms with Crippen molar-refractivity contribution in [2.24, 2.45) is 0 Å². The molecule has 23 heavy (non-hydrogen) atoms. The topological polar surface area (TPSA) is 135 Å². The van der Waals surface area contributed by atoms with Gasteiger partial charge in [-0.05, 0) is 12.8 Å². The van der Waals surface area contributed by atoms with E-state index in [1.54, 1.807) is 0 Å². The second kappa shape index (κ2) is 7.54. The summed E-state index contributed by atoms with van der Waals surface area (Å²) >= 11 is 0. The lowest BCUT2D eigenvalue weighted by Crippen LogP contribution is -2.66. The molecule has 0 aromatic heterocycles. The summed E-state index contributed by atoms with van der Waals surface area (Å²) in [6, 6.07) is -0.839. The predicted molar refractivity (Wildman–Crippen MR) is 75.5 cm³/mol. The van der Waals surface area contributed by atoms with Crippen LogP contribution in [0.25, 0.3) is 0 Å². The number of rotatable bonds is 8. The number of amides is 1. The lowest BCUT2D eigenvalue weighted by atomic mass is 9.88. The highest BCUT2D eigenvalue weighted by Crippen LogP contribution is 2.37. The second-order valence-corrected chi connectivity index (χ2v) is 5.93. The number of aliphatic hydroxyl groups excluding tert-OH is 2. The molecule has 2 rings (SSSR count). The largest absolute Gasteiger partial charge is 0.481 e. The van der Waals surface area contributed by atoms with Crippen LogP contribution in [0.3, 0.4) is 0 Å². The summed E-state index contributed by atoms with van der Waals surface area (Å²) in [4.78, 5) is 21.6. The van der Waals surface area contributed by atoms with Crippen LogP contribution in [0.1, 0.15) is 26.2 Å². The summed E-state index contributed by atoms with van der Waals surface area (Å²) in [6.07, 6.45) is -2.19. The molecular weight excluding hydrogens is 310 g/mol. The van der Waals surface area contributed by atoms with Crippen LogP contribution in [0.4, 0.5) is 0 Å². The number of aliphatic carboxylic acids is 1. The van der Waals surface area contributed by atoms with E-state index in [-0.39, 0.29) is 25.5 Å². The Morgan fingerprint density at radius 1 is 1.35 bits per heavy atom. The number of fused-ring (bicyclic) bond motifs is 2. The molecule has 2 bridgehead atoms. The average Bonchev–Trinajstić information content (AvgIpc) is 2.88. The van der Waals surface area contributed by atoms with E-state index in [1.807, 2.05) is 0 Å².